The summed E-state index contributed by atoms with van der Waals surface area (Å²) in [4.78, 5) is 20.6. The predicted molar refractivity (Wildman–Crippen MR) is 90.3 cm³/mol. The van der Waals surface area contributed by atoms with E-state index in [2.05, 4.69) is 15.3 Å². The lowest BCUT2D eigenvalue weighted by molar-refractivity contribution is 0.102. The van der Waals surface area contributed by atoms with Gasteiger partial charge in [-0.15, -0.1) is 0 Å². The Hall–Kier alpha value is -2.55. The molecule has 24 heavy (non-hydrogen) atoms. The fourth-order valence-electron chi connectivity index (χ4n) is 2.06. The molecule has 0 aliphatic heterocycles. The highest BCUT2D eigenvalue weighted by atomic mass is 35.5. The molecule has 0 saturated heterocycles. The van der Waals surface area contributed by atoms with Gasteiger partial charge in [0, 0.05) is 5.69 Å². The Balaban J connectivity index is 1.94. The van der Waals surface area contributed by atoms with Gasteiger partial charge in [-0.05, 0) is 30.3 Å². The number of hydrogen-bond acceptors (Lipinski definition) is 5. The molecule has 3 N–H and O–H groups in total. The van der Waals surface area contributed by atoms with E-state index in [4.69, 9.17) is 16.7 Å². The molecule has 0 spiro atoms. The molecule has 0 aliphatic carbocycles. The summed E-state index contributed by atoms with van der Waals surface area (Å²) in [5.41, 5.74) is 1.27. The average Bonchev–Trinajstić information content (AvgIpc) is 2.53. The zero-order valence-corrected chi connectivity index (χ0v) is 13.7. The van der Waals surface area contributed by atoms with E-state index in [0.717, 1.165) is 0 Å². The summed E-state index contributed by atoms with van der Waals surface area (Å²) < 4.78 is 22.7. The SMILES string of the molecule is NS(=O)(=O)c1cccc(NC(=O)c2nc3ccccc3nc2Cl)c1. The average molecular weight is 363 g/mol. The van der Waals surface area contributed by atoms with Crippen LogP contribution in [0.3, 0.4) is 0 Å². The summed E-state index contributed by atoms with van der Waals surface area (Å²) in [5.74, 6) is -0.607. The third-order valence-corrected chi connectivity index (χ3v) is 4.34. The van der Waals surface area contributed by atoms with E-state index in [1.165, 1.54) is 24.3 Å². The first kappa shape index (κ1) is 16.3. The second-order valence-electron chi connectivity index (χ2n) is 4.88. The normalized spacial score (nSPS) is 11.4. The standard InChI is InChI=1S/C15H11ClN4O3S/c16-14-13(19-11-6-1-2-7-12(11)20-14)15(21)18-9-4-3-5-10(8-9)24(17,22)23/h1-8H,(H,18,21)(H2,17,22,23). The molecule has 122 valence electrons. The molecule has 0 radical (unpaired) electrons. The van der Waals surface area contributed by atoms with Crippen LogP contribution in [-0.2, 0) is 10.0 Å². The van der Waals surface area contributed by atoms with E-state index in [1.807, 2.05) is 0 Å². The van der Waals surface area contributed by atoms with E-state index in [9.17, 15) is 13.2 Å². The highest BCUT2D eigenvalue weighted by Crippen LogP contribution is 2.19. The van der Waals surface area contributed by atoms with E-state index < -0.39 is 15.9 Å². The molecule has 0 unspecified atom stereocenters. The van der Waals surface area contributed by atoms with Crippen molar-refractivity contribution in [2.24, 2.45) is 5.14 Å². The van der Waals surface area contributed by atoms with Crippen molar-refractivity contribution in [2.45, 2.75) is 4.90 Å². The number of amides is 1. The number of fused-ring (bicyclic) bond motifs is 1. The Kier molecular flexibility index (Phi) is 4.18. The van der Waals surface area contributed by atoms with Crippen LogP contribution in [0.25, 0.3) is 11.0 Å². The van der Waals surface area contributed by atoms with Crippen LogP contribution in [0.1, 0.15) is 10.5 Å². The van der Waals surface area contributed by atoms with Crippen molar-refractivity contribution >= 4 is 44.3 Å². The van der Waals surface area contributed by atoms with Crippen LogP contribution in [0, 0.1) is 0 Å². The van der Waals surface area contributed by atoms with E-state index in [1.54, 1.807) is 24.3 Å². The summed E-state index contributed by atoms with van der Waals surface area (Å²) in [6, 6.07) is 12.5. The Morgan fingerprint density at radius 3 is 2.38 bits per heavy atom. The topological polar surface area (TPSA) is 115 Å². The molecule has 1 aromatic heterocycles. The summed E-state index contributed by atoms with van der Waals surface area (Å²) in [5, 5.41) is 7.55. The lowest BCUT2D eigenvalue weighted by Gasteiger charge is -2.08. The first-order valence-corrected chi connectivity index (χ1v) is 8.63. The largest absolute Gasteiger partial charge is 0.321 e. The van der Waals surface area contributed by atoms with Gasteiger partial charge in [0.25, 0.3) is 5.91 Å². The highest BCUT2D eigenvalue weighted by Gasteiger charge is 2.16. The maximum absolute atomic E-state index is 12.4. The Bertz CT molecular complexity index is 1050. The zero-order valence-electron chi connectivity index (χ0n) is 12.1. The molecule has 0 aliphatic rings. The van der Waals surface area contributed by atoms with E-state index >= 15 is 0 Å². The number of para-hydroxylation sites is 2. The van der Waals surface area contributed by atoms with Crippen molar-refractivity contribution in [3.63, 3.8) is 0 Å². The van der Waals surface area contributed by atoms with Gasteiger partial charge in [0.05, 0.1) is 15.9 Å². The van der Waals surface area contributed by atoms with E-state index in [-0.39, 0.29) is 21.4 Å². The molecule has 0 atom stereocenters. The maximum Gasteiger partial charge on any atom is 0.277 e. The second-order valence-corrected chi connectivity index (χ2v) is 6.80. The highest BCUT2D eigenvalue weighted by molar-refractivity contribution is 7.89. The fraction of sp³-hybridized carbons (Fsp3) is 0. The number of anilines is 1. The second kappa shape index (κ2) is 6.16. The van der Waals surface area contributed by atoms with Crippen molar-refractivity contribution < 1.29 is 13.2 Å². The van der Waals surface area contributed by atoms with Gasteiger partial charge >= 0.3 is 0 Å². The van der Waals surface area contributed by atoms with Crippen LogP contribution >= 0.6 is 11.6 Å². The third kappa shape index (κ3) is 3.35. The lowest BCUT2D eigenvalue weighted by Crippen LogP contribution is -2.16. The fourth-order valence-corrected chi connectivity index (χ4v) is 2.84. The molecule has 0 fully saturated rings. The molecule has 0 saturated carbocycles. The zero-order chi connectivity index (χ0) is 17.3. The number of halogens is 1. The first-order chi connectivity index (χ1) is 11.3. The van der Waals surface area contributed by atoms with Crippen molar-refractivity contribution in [3.05, 3.63) is 59.4 Å². The Morgan fingerprint density at radius 2 is 1.71 bits per heavy atom. The molecule has 1 amide bonds. The number of nitrogens with one attached hydrogen (secondary N) is 1. The molecule has 7 nitrogen and oxygen atoms in total. The van der Waals surface area contributed by atoms with Gasteiger partial charge in [-0.3, -0.25) is 4.79 Å². The van der Waals surface area contributed by atoms with Crippen molar-refractivity contribution in [2.75, 3.05) is 5.32 Å². The van der Waals surface area contributed by atoms with Crippen LogP contribution in [0.4, 0.5) is 5.69 Å². The smallest absolute Gasteiger partial charge is 0.277 e. The van der Waals surface area contributed by atoms with Gasteiger partial charge in [0.15, 0.2) is 10.8 Å². The monoisotopic (exact) mass is 362 g/mol. The van der Waals surface area contributed by atoms with Gasteiger partial charge < -0.3 is 5.32 Å². The number of benzene rings is 2. The molecular formula is C15H11ClN4O3S. The summed E-state index contributed by atoms with van der Waals surface area (Å²) in [6.45, 7) is 0. The molecule has 2 aromatic carbocycles. The van der Waals surface area contributed by atoms with Crippen LogP contribution < -0.4 is 10.5 Å². The van der Waals surface area contributed by atoms with Crippen molar-refractivity contribution in [1.29, 1.82) is 0 Å². The number of rotatable bonds is 3. The van der Waals surface area contributed by atoms with Gasteiger partial charge in [-0.2, -0.15) is 0 Å². The van der Waals surface area contributed by atoms with E-state index in [0.29, 0.717) is 11.0 Å². The van der Waals surface area contributed by atoms with Gasteiger partial charge in [0.2, 0.25) is 10.0 Å². The Morgan fingerprint density at radius 1 is 1.04 bits per heavy atom. The number of nitrogens with two attached hydrogens (primary N) is 1. The van der Waals surface area contributed by atoms with Crippen LogP contribution in [0.15, 0.2) is 53.4 Å². The number of carbonyl (C=O) groups is 1. The number of primary sulfonamides is 1. The molecule has 1 heterocycles. The number of aromatic nitrogens is 2. The maximum atomic E-state index is 12.4. The predicted octanol–water partition coefficient (Wildman–Crippen LogP) is 2.18. The van der Waals surface area contributed by atoms with Gasteiger partial charge in [-0.25, -0.2) is 23.5 Å². The number of nitrogens with zero attached hydrogens (tertiary/aromatic N) is 2. The summed E-state index contributed by atoms with van der Waals surface area (Å²) in [6.07, 6.45) is 0. The minimum absolute atomic E-state index is 0.0474. The number of hydrogen-bond donors (Lipinski definition) is 2. The third-order valence-electron chi connectivity index (χ3n) is 3.16. The van der Waals surface area contributed by atoms with Gasteiger partial charge in [-0.1, -0.05) is 29.8 Å². The molecule has 0 bridgehead atoms. The molecule has 9 heteroatoms. The quantitative estimate of drug-likeness (QED) is 0.741. The number of carbonyl (C=O) groups excluding carboxylic acids is 1. The van der Waals surface area contributed by atoms with Crippen LogP contribution in [0.2, 0.25) is 5.15 Å². The minimum atomic E-state index is -3.87. The van der Waals surface area contributed by atoms with Crippen molar-refractivity contribution in [1.82, 2.24) is 9.97 Å². The van der Waals surface area contributed by atoms with Crippen molar-refractivity contribution in [3.8, 4) is 0 Å². The van der Waals surface area contributed by atoms with Gasteiger partial charge in [0.1, 0.15) is 0 Å². The lowest BCUT2D eigenvalue weighted by atomic mass is 10.2. The summed E-state index contributed by atoms with van der Waals surface area (Å²) in [7, 11) is -3.87. The van der Waals surface area contributed by atoms with Crippen LogP contribution in [-0.4, -0.2) is 24.3 Å². The summed E-state index contributed by atoms with van der Waals surface area (Å²) >= 11 is 6.02. The molecule has 3 rings (SSSR count). The minimum Gasteiger partial charge on any atom is -0.321 e. The number of sulfonamides is 1. The van der Waals surface area contributed by atoms with Crippen LogP contribution in [0.5, 0.6) is 0 Å². The Labute approximate surface area is 142 Å². The molecular weight excluding hydrogens is 352 g/mol. The molecule has 3 aromatic rings. The first-order valence-electron chi connectivity index (χ1n) is 6.71.